The standard InChI is InChI=1S/C17H9F6N3O/c18-9-4-1-2-7-12(9)25-16(27)13-15(17(21,22)23)26(8-24-13)14-10(19)5-3-6-11(14)20/h1-8H,(H,25,27). The van der Waals surface area contributed by atoms with Gasteiger partial charge in [0.1, 0.15) is 29.5 Å². The second kappa shape index (κ2) is 6.78. The number of benzene rings is 2. The number of hydrogen-bond acceptors (Lipinski definition) is 2. The highest BCUT2D eigenvalue weighted by molar-refractivity contribution is 6.04. The number of rotatable bonds is 3. The van der Waals surface area contributed by atoms with Crippen molar-refractivity contribution in [1.82, 2.24) is 9.55 Å². The van der Waals surface area contributed by atoms with Gasteiger partial charge in [0.05, 0.1) is 5.69 Å². The van der Waals surface area contributed by atoms with Crippen LogP contribution in [-0.4, -0.2) is 15.5 Å². The van der Waals surface area contributed by atoms with E-state index in [0.717, 1.165) is 30.3 Å². The highest BCUT2D eigenvalue weighted by Crippen LogP contribution is 2.35. The van der Waals surface area contributed by atoms with Gasteiger partial charge in [-0.15, -0.1) is 0 Å². The lowest BCUT2D eigenvalue weighted by Gasteiger charge is -2.14. The van der Waals surface area contributed by atoms with Gasteiger partial charge in [0.15, 0.2) is 11.4 Å². The van der Waals surface area contributed by atoms with Crippen molar-refractivity contribution in [2.45, 2.75) is 6.18 Å². The molecular weight excluding hydrogens is 376 g/mol. The molecule has 4 nitrogen and oxygen atoms in total. The van der Waals surface area contributed by atoms with Gasteiger partial charge >= 0.3 is 6.18 Å². The van der Waals surface area contributed by atoms with Crippen molar-refractivity contribution in [3.05, 3.63) is 77.6 Å². The van der Waals surface area contributed by atoms with Crippen LogP contribution in [0.4, 0.5) is 32.0 Å². The average Bonchev–Trinajstić information content (AvgIpc) is 3.02. The van der Waals surface area contributed by atoms with Crippen LogP contribution in [0.1, 0.15) is 16.2 Å². The van der Waals surface area contributed by atoms with Gasteiger partial charge in [0.2, 0.25) is 0 Å². The predicted molar refractivity (Wildman–Crippen MR) is 82.8 cm³/mol. The topological polar surface area (TPSA) is 46.9 Å². The summed E-state index contributed by atoms with van der Waals surface area (Å²) < 4.78 is 82.1. The number of halogens is 6. The fourth-order valence-electron chi connectivity index (χ4n) is 2.42. The number of hydrogen-bond donors (Lipinski definition) is 1. The van der Waals surface area contributed by atoms with Crippen LogP contribution in [0, 0.1) is 17.5 Å². The van der Waals surface area contributed by atoms with E-state index in [0.29, 0.717) is 6.33 Å². The van der Waals surface area contributed by atoms with Gasteiger partial charge in [-0.3, -0.25) is 9.36 Å². The smallest absolute Gasteiger partial charge is 0.318 e. The van der Waals surface area contributed by atoms with E-state index in [4.69, 9.17) is 0 Å². The quantitative estimate of drug-likeness (QED) is 0.672. The molecule has 2 aromatic carbocycles. The normalized spacial score (nSPS) is 11.5. The van der Waals surface area contributed by atoms with Gasteiger partial charge in [-0.25, -0.2) is 18.2 Å². The molecule has 0 spiro atoms. The van der Waals surface area contributed by atoms with Gasteiger partial charge in [-0.2, -0.15) is 13.2 Å². The first-order chi connectivity index (χ1) is 12.7. The Labute approximate surface area is 148 Å². The van der Waals surface area contributed by atoms with Crippen LogP contribution in [0.5, 0.6) is 0 Å². The molecule has 1 aromatic heterocycles. The summed E-state index contributed by atoms with van der Waals surface area (Å²) in [4.78, 5) is 15.5. The van der Waals surface area contributed by atoms with Crippen molar-refractivity contribution in [3.63, 3.8) is 0 Å². The van der Waals surface area contributed by atoms with E-state index in [-0.39, 0.29) is 10.3 Å². The molecule has 0 unspecified atom stereocenters. The van der Waals surface area contributed by atoms with Gasteiger partial charge in [0.25, 0.3) is 5.91 Å². The zero-order valence-electron chi connectivity index (χ0n) is 13.2. The third-order valence-electron chi connectivity index (χ3n) is 3.55. The first kappa shape index (κ1) is 18.5. The monoisotopic (exact) mass is 385 g/mol. The average molecular weight is 385 g/mol. The SMILES string of the molecule is O=C(Nc1ccccc1F)c1ncn(-c2c(F)cccc2F)c1C(F)(F)F. The summed E-state index contributed by atoms with van der Waals surface area (Å²) >= 11 is 0. The summed E-state index contributed by atoms with van der Waals surface area (Å²) in [6, 6.07) is 7.31. The lowest BCUT2D eigenvalue weighted by atomic mass is 10.2. The molecule has 27 heavy (non-hydrogen) atoms. The highest BCUT2D eigenvalue weighted by atomic mass is 19.4. The highest BCUT2D eigenvalue weighted by Gasteiger charge is 2.41. The molecule has 3 aromatic rings. The maximum Gasteiger partial charge on any atom is 0.434 e. The largest absolute Gasteiger partial charge is 0.434 e. The molecule has 0 aliphatic heterocycles. The Balaban J connectivity index is 2.11. The fourth-order valence-corrected chi connectivity index (χ4v) is 2.42. The molecule has 0 atom stereocenters. The van der Waals surface area contributed by atoms with E-state index < -0.39 is 46.6 Å². The Morgan fingerprint density at radius 1 is 0.926 bits per heavy atom. The van der Waals surface area contributed by atoms with Crippen LogP contribution in [0.15, 0.2) is 48.8 Å². The Bertz CT molecular complexity index is 992. The van der Waals surface area contributed by atoms with Crippen molar-refractivity contribution < 1.29 is 31.1 Å². The molecule has 1 N–H and O–H groups in total. The number of imidazole rings is 1. The number of anilines is 1. The number of nitrogens with zero attached hydrogens (tertiary/aromatic N) is 2. The molecule has 0 bridgehead atoms. The third-order valence-corrected chi connectivity index (χ3v) is 3.55. The minimum atomic E-state index is -5.17. The van der Waals surface area contributed by atoms with E-state index >= 15 is 0 Å². The maximum absolute atomic E-state index is 13.9. The molecule has 1 heterocycles. The molecule has 0 radical (unpaired) electrons. The summed E-state index contributed by atoms with van der Waals surface area (Å²) in [5.41, 5.74) is -4.27. The Morgan fingerprint density at radius 3 is 2.11 bits per heavy atom. The van der Waals surface area contributed by atoms with Gasteiger partial charge in [-0.1, -0.05) is 18.2 Å². The van der Waals surface area contributed by atoms with Crippen LogP contribution in [0.2, 0.25) is 0 Å². The number of aromatic nitrogens is 2. The zero-order valence-corrected chi connectivity index (χ0v) is 13.2. The van der Waals surface area contributed by atoms with Gasteiger partial charge < -0.3 is 5.32 Å². The van der Waals surface area contributed by atoms with Crippen LogP contribution in [0.3, 0.4) is 0 Å². The molecule has 0 aliphatic carbocycles. The lowest BCUT2D eigenvalue weighted by Crippen LogP contribution is -2.22. The predicted octanol–water partition coefficient (Wildman–Crippen LogP) is 4.56. The zero-order chi connectivity index (χ0) is 19.8. The first-order valence-electron chi connectivity index (χ1n) is 7.35. The van der Waals surface area contributed by atoms with E-state index in [9.17, 15) is 31.1 Å². The molecular formula is C17H9F6N3O. The molecule has 0 aliphatic rings. The van der Waals surface area contributed by atoms with Crippen molar-refractivity contribution >= 4 is 11.6 Å². The van der Waals surface area contributed by atoms with Crippen LogP contribution in [-0.2, 0) is 6.18 Å². The Morgan fingerprint density at radius 2 is 1.52 bits per heavy atom. The number of carbonyl (C=O) groups is 1. The summed E-state index contributed by atoms with van der Waals surface area (Å²) in [6.45, 7) is 0. The van der Waals surface area contributed by atoms with E-state index in [2.05, 4.69) is 4.98 Å². The number of para-hydroxylation sites is 2. The molecule has 1 amide bonds. The summed E-state index contributed by atoms with van der Waals surface area (Å²) in [7, 11) is 0. The Kier molecular flexibility index (Phi) is 4.64. The molecule has 140 valence electrons. The van der Waals surface area contributed by atoms with Crippen LogP contribution >= 0.6 is 0 Å². The summed E-state index contributed by atoms with van der Waals surface area (Å²) in [5, 5.41) is 1.96. The van der Waals surface area contributed by atoms with E-state index in [1.165, 1.54) is 12.1 Å². The van der Waals surface area contributed by atoms with E-state index in [1.807, 2.05) is 5.32 Å². The second-order valence-electron chi connectivity index (χ2n) is 5.31. The number of amides is 1. The van der Waals surface area contributed by atoms with Gasteiger partial charge in [-0.05, 0) is 24.3 Å². The summed E-state index contributed by atoms with van der Waals surface area (Å²) in [5.74, 6) is -4.82. The maximum atomic E-state index is 13.9. The van der Waals surface area contributed by atoms with Crippen LogP contribution in [0.25, 0.3) is 5.69 Å². The molecule has 3 rings (SSSR count). The molecule has 0 saturated carbocycles. The van der Waals surface area contributed by atoms with Crippen molar-refractivity contribution in [1.29, 1.82) is 0 Å². The Hall–Kier alpha value is -3.30. The molecule has 0 saturated heterocycles. The van der Waals surface area contributed by atoms with Crippen LogP contribution < -0.4 is 5.32 Å². The molecule has 0 fully saturated rings. The third kappa shape index (κ3) is 3.50. The minimum absolute atomic E-state index is 0.0981. The van der Waals surface area contributed by atoms with Crippen molar-refractivity contribution in [3.8, 4) is 5.69 Å². The molecule has 10 heteroatoms. The number of alkyl halides is 3. The second-order valence-corrected chi connectivity index (χ2v) is 5.31. The van der Waals surface area contributed by atoms with Crippen molar-refractivity contribution in [2.75, 3.05) is 5.32 Å². The first-order valence-corrected chi connectivity index (χ1v) is 7.35. The van der Waals surface area contributed by atoms with E-state index in [1.54, 1.807) is 0 Å². The number of nitrogens with one attached hydrogen (secondary N) is 1. The number of carbonyl (C=O) groups excluding carboxylic acids is 1. The minimum Gasteiger partial charge on any atom is -0.318 e. The van der Waals surface area contributed by atoms with Crippen molar-refractivity contribution in [2.24, 2.45) is 0 Å². The van der Waals surface area contributed by atoms with Gasteiger partial charge in [0, 0.05) is 0 Å². The lowest BCUT2D eigenvalue weighted by molar-refractivity contribution is -0.142. The summed E-state index contributed by atoms with van der Waals surface area (Å²) in [6.07, 6.45) is -4.70. The fraction of sp³-hybridized carbons (Fsp3) is 0.0588.